The Morgan fingerprint density at radius 1 is 1.21 bits per heavy atom. The Morgan fingerprint density at radius 3 is 2.52 bits per heavy atom. The van der Waals surface area contributed by atoms with E-state index >= 15 is 0 Å². The molecule has 0 aliphatic carbocycles. The third kappa shape index (κ3) is 4.93. The zero-order valence-corrected chi connectivity index (χ0v) is 21.1. The highest BCUT2D eigenvalue weighted by Crippen LogP contribution is 2.47. The van der Waals surface area contributed by atoms with Crippen molar-refractivity contribution in [1.82, 2.24) is 4.90 Å². The molecule has 3 aliphatic rings. The number of amides is 2. The molecule has 4 rings (SSSR count). The Hall–Kier alpha value is -1.28. The molecular weight excluding hydrogens is 462 g/mol. The minimum absolute atomic E-state index is 0.0431. The molecule has 0 aromatic heterocycles. The Kier molecular flexibility index (Phi) is 7.63. The van der Waals surface area contributed by atoms with Crippen molar-refractivity contribution in [2.45, 2.75) is 93.8 Å². The molecule has 0 bridgehead atoms. The SMILES string of the molecule is CCCCCCCC1(C)OC2OC(=O)N(C(=O)CCl)C2CC1(O)C[S+]1Cc2ccccc2C1. The Bertz CT molecular complexity index is 859. The molecule has 1 aromatic carbocycles. The molecular formula is C25H35ClNO5S+. The normalized spacial score (nSPS) is 31.4. The number of nitrogens with zero attached hydrogens (tertiary/aromatic N) is 1. The van der Waals surface area contributed by atoms with Crippen molar-refractivity contribution in [3.05, 3.63) is 35.4 Å². The predicted octanol–water partition coefficient (Wildman–Crippen LogP) is 4.50. The van der Waals surface area contributed by atoms with Crippen molar-refractivity contribution in [2.24, 2.45) is 0 Å². The molecule has 2 fully saturated rings. The largest absolute Gasteiger partial charge is 0.419 e. The summed E-state index contributed by atoms with van der Waals surface area (Å²) in [6.45, 7) is 4.14. The molecule has 33 heavy (non-hydrogen) atoms. The number of rotatable bonds is 9. The van der Waals surface area contributed by atoms with Crippen molar-refractivity contribution in [2.75, 3.05) is 11.6 Å². The van der Waals surface area contributed by atoms with E-state index in [2.05, 4.69) is 31.2 Å². The molecule has 6 nitrogen and oxygen atoms in total. The second-order valence-corrected chi connectivity index (χ2v) is 12.1. The van der Waals surface area contributed by atoms with Crippen LogP contribution in [0.1, 0.15) is 69.9 Å². The first kappa shape index (κ1) is 24.8. The van der Waals surface area contributed by atoms with Crippen LogP contribution in [0, 0.1) is 0 Å². The van der Waals surface area contributed by atoms with Gasteiger partial charge < -0.3 is 14.6 Å². The number of benzene rings is 1. The van der Waals surface area contributed by atoms with Crippen LogP contribution in [0.25, 0.3) is 0 Å². The van der Waals surface area contributed by atoms with Crippen LogP contribution in [0.3, 0.4) is 0 Å². The van der Waals surface area contributed by atoms with Crippen LogP contribution in [0.15, 0.2) is 24.3 Å². The van der Waals surface area contributed by atoms with Gasteiger partial charge >= 0.3 is 6.09 Å². The zero-order chi connectivity index (χ0) is 23.6. The van der Waals surface area contributed by atoms with E-state index in [1.54, 1.807) is 0 Å². The first-order valence-corrected chi connectivity index (χ1v) is 14.3. The summed E-state index contributed by atoms with van der Waals surface area (Å²) < 4.78 is 11.8. The van der Waals surface area contributed by atoms with Gasteiger partial charge in [-0.05, 0) is 24.2 Å². The van der Waals surface area contributed by atoms with Crippen LogP contribution < -0.4 is 0 Å². The monoisotopic (exact) mass is 496 g/mol. The molecule has 8 heteroatoms. The van der Waals surface area contributed by atoms with Crippen LogP contribution in [-0.4, -0.2) is 57.2 Å². The summed E-state index contributed by atoms with van der Waals surface area (Å²) >= 11 is 5.75. The number of carbonyl (C=O) groups excluding carboxylic acids is 2. The zero-order valence-electron chi connectivity index (χ0n) is 19.6. The fraction of sp³-hybridized carbons (Fsp3) is 0.680. The van der Waals surface area contributed by atoms with Crippen LogP contribution in [0.5, 0.6) is 0 Å². The molecule has 2 amide bonds. The van der Waals surface area contributed by atoms with Crippen LogP contribution in [0.2, 0.25) is 0 Å². The van der Waals surface area contributed by atoms with Gasteiger partial charge in [-0.15, -0.1) is 11.6 Å². The van der Waals surface area contributed by atoms with Crippen LogP contribution >= 0.6 is 11.6 Å². The standard InChI is InChI=1S/C25H35ClNO5S/c1-3-4-5-6-9-12-24(2)25(30,17-33-15-18-10-7-8-11-19(18)16-33)13-20-22(32-24)31-23(29)27(20)21(28)14-26/h7-8,10-11,20,22,30H,3-6,9,12-17H2,1-2H3/q+1. The van der Waals surface area contributed by atoms with Gasteiger partial charge in [-0.25, -0.2) is 9.69 Å². The molecule has 4 atom stereocenters. The second-order valence-electron chi connectivity index (χ2n) is 9.78. The third-order valence-electron chi connectivity index (χ3n) is 7.39. The molecule has 2 saturated heterocycles. The summed E-state index contributed by atoms with van der Waals surface area (Å²) in [6.07, 6.45) is 4.86. The molecule has 0 radical (unpaired) electrons. The van der Waals surface area contributed by atoms with Crippen molar-refractivity contribution < 1.29 is 24.2 Å². The fourth-order valence-electron chi connectivity index (χ4n) is 5.40. The van der Waals surface area contributed by atoms with Gasteiger partial charge in [0, 0.05) is 17.5 Å². The molecule has 3 heterocycles. The van der Waals surface area contributed by atoms with Gasteiger partial charge in [0.15, 0.2) is 0 Å². The first-order valence-electron chi connectivity index (χ1n) is 12.0. The van der Waals surface area contributed by atoms with Gasteiger partial charge in [0.05, 0.1) is 0 Å². The predicted molar refractivity (Wildman–Crippen MR) is 130 cm³/mol. The number of halogens is 1. The summed E-state index contributed by atoms with van der Waals surface area (Å²) in [5.74, 6) is 1.63. The minimum atomic E-state index is -1.18. The Morgan fingerprint density at radius 2 is 1.88 bits per heavy atom. The number of fused-ring (bicyclic) bond motifs is 2. The minimum Gasteiger partial charge on any atom is -0.417 e. The van der Waals surface area contributed by atoms with Gasteiger partial charge in [-0.2, -0.15) is 0 Å². The van der Waals surface area contributed by atoms with Crippen molar-refractivity contribution in [3.8, 4) is 0 Å². The molecule has 0 saturated carbocycles. The number of unbranched alkanes of at least 4 members (excludes halogenated alkanes) is 4. The van der Waals surface area contributed by atoms with Crippen molar-refractivity contribution >= 4 is 34.5 Å². The van der Waals surface area contributed by atoms with E-state index < -0.39 is 35.5 Å². The van der Waals surface area contributed by atoms with Gasteiger partial charge in [0.25, 0.3) is 0 Å². The van der Waals surface area contributed by atoms with Crippen molar-refractivity contribution in [1.29, 1.82) is 0 Å². The van der Waals surface area contributed by atoms with Gasteiger partial charge in [0.1, 0.15) is 40.4 Å². The lowest BCUT2D eigenvalue weighted by Crippen LogP contribution is -2.67. The van der Waals surface area contributed by atoms with E-state index in [-0.39, 0.29) is 23.2 Å². The van der Waals surface area contributed by atoms with Crippen molar-refractivity contribution in [3.63, 3.8) is 0 Å². The number of hydrogen-bond donors (Lipinski definition) is 1. The maximum atomic E-state index is 12.5. The highest BCUT2D eigenvalue weighted by Gasteiger charge is 2.63. The second kappa shape index (κ2) is 10.1. The number of aliphatic hydroxyl groups is 1. The van der Waals surface area contributed by atoms with E-state index in [0.717, 1.165) is 35.7 Å². The molecule has 4 unspecified atom stereocenters. The quantitative estimate of drug-likeness (QED) is 0.309. The maximum absolute atomic E-state index is 12.5. The van der Waals surface area contributed by atoms with E-state index in [0.29, 0.717) is 12.2 Å². The number of hydrogen-bond acceptors (Lipinski definition) is 5. The summed E-state index contributed by atoms with van der Waals surface area (Å²) in [5.41, 5.74) is 0.656. The van der Waals surface area contributed by atoms with E-state index in [4.69, 9.17) is 21.1 Å². The molecule has 1 N–H and O–H groups in total. The first-order chi connectivity index (χ1) is 15.8. The van der Waals surface area contributed by atoms with E-state index in [9.17, 15) is 14.7 Å². The third-order valence-corrected chi connectivity index (χ3v) is 9.94. The average molecular weight is 497 g/mol. The lowest BCUT2D eigenvalue weighted by atomic mass is 9.75. The Balaban J connectivity index is 1.55. The van der Waals surface area contributed by atoms with Gasteiger partial charge in [-0.3, -0.25) is 4.79 Å². The Labute approximate surface area is 204 Å². The summed E-state index contributed by atoms with van der Waals surface area (Å²) in [4.78, 5) is 25.9. The van der Waals surface area contributed by atoms with Gasteiger partial charge in [0.2, 0.25) is 12.2 Å². The highest BCUT2D eigenvalue weighted by molar-refractivity contribution is 7.95. The topological polar surface area (TPSA) is 76.1 Å². The van der Waals surface area contributed by atoms with E-state index in [1.165, 1.54) is 24.0 Å². The maximum Gasteiger partial charge on any atom is 0.419 e. The van der Waals surface area contributed by atoms with E-state index in [1.807, 2.05) is 6.92 Å². The molecule has 182 valence electrons. The van der Waals surface area contributed by atoms with Crippen LogP contribution in [-0.2, 0) is 36.7 Å². The van der Waals surface area contributed by atoms with Crippen LogP contribution in [0.4, 0.5) is 4.79 Å². The lowest BCUT2D eigenvalue weighted by molar-refractivity contribution is -0.278. The summed E-state index contributed by atoms with van der Waals surface area (Å²) in [5, 5.41) is 12.2. The fourth-order valence-corrected chi connectivity index (χ4v) is 8.38. The smallest absolute Gasteiger partial charge is 0.417 e. The summed E-state index contributed by atoms with van der Waals surface area (Å²) in [6, 6.07) is 7.79. The number of carbonyl (C=O) groups is 2. The van der Waals surface area contributed by atoms with Gasteiger partial charge in [-0.1, -0.05) is 63.3 Å². The lowest BCUT2D eigenvalue weighted by Gasteiger charge is -2.50. The molecule has 1 aromatic rings. The summed E-state index contributed by atoms with van der Waals surface area (Å²) in [7, 11) is -0.0431. The number of imide groups is 1. The molecule has 3 aliphatic heterocycles. The number of ether oxygens (including phenoxy) is 2. The number of alkyl halides is 1. The molecule has 0 spiro atoms. The highest BCUT2D eigenvalue weighted by atomic mass is 35.5. The average Bonchev–Trinajstić information content (AvgIpc) is 3.32.